The topological polar surface area (TPSA) is 103 Å². The average Bonchev–Trinajstić information content (AvgIpc) is 2.45. The maximum absolute atomic E-state index is 11.8. The Kier molecular flexibility index (Phi) is 4.72. The van der Waals surface area contributed by atoms with Gasteiger partial charge in [0.1, 0.15) is 12.1 Å². The highest BCUT2D eigenvalue weighted by atomic mass is 32.2. The van der Waals surface area contributed by atoms with Crippen LogP contribution < -0.4 is 15.8 Å². The van der Waals surface area contributed by atoms with Gasteiger partial charge < -0.3 is 15.8 Å². The van der Waals surface area contributed by atoms with Gasteiger partial charge in [-0.15, -0.1) is 0 Å². The number of thioether (sulfide) groups is 1. The van der Waals surface area contributed by atoms with Gasteiger partial charge in [0.05, 0.1) is 12.9 Å². The van der Waals surface area contributed by atoms with Gasteiger partial charge in [-0.05, 0) is 12.1 Å². The highest BCUT2D eigenvalue weighted by Gasteiger charge is 2.06. The molecule has 0 unspecified atom stereocenters. The Morgan fingerprint density at radius 1 is 1.45 bits per heavy atom. The van der Waals surface area contributed by atoms with Crippen LogP contribution in [-0.2, 0) is 4.79 Å². The molecule has 2 rings (SSSR count). The second-order valence-electron chi connectivity index (χ2n) is 3.70. The van der Waals surface area contributed by atoms with E-state index >= 15 is 0 Å². The van der Waals surface area contributed by atoms with Crippen LogP contribution in [0.2, 0.25) is 0 Å². The number of amides is 1. The molecule has 0 atom stereocenters. The molecule has 0 saturated carbocycles. The fourth-order valence-electron chi connectivity index (χ4n) is 1.39. The van der Waals surface area contributed by atoms with Gasteiger partial charge in [0, 0.05) is 11.8 Å². The zero-order chi connectivity index (χ0) is 14.4. The number of benzene rings is 1. The van der Waals surface area contributed by atoms with Crippen LogP contribution in [0.25, 0.3) is 0 Å². The van der Waals surface area contributed by atoms with E-state index in [4.69, 9.17) is 10.5 Å². The predicted octanol–water partition coefficient (Wildman–Crippen LogP) is 1.19. The molecule has 0 saturated heterocycles. The van der Waals surface area contributed by atoms with Gasteiger partial charge in [0.25, 0.3) is 0 Å². The molecule has 1 aromatic carbocycles. The van der Waals surface area contributed by atoms with Crippen LogP contribution in [0.15, 0.2) is 35.7 Å². The second-order valence-corrected chi connectivity index (χ2v) is 4.64. The molecule has 0 fully saturated rings. The normalized spacial score (nSPS) is 10.1. The zero-order valence-corrected chi connectivity index (χ0v) is 11.6. The van der Waals surface area contributed by atoms with Crippen LogP contribution in [-0.4, -0.2) is 33.7 Å². The first kappa shape index (κ1) is 14.1. The Morgan fingerprint density at radius 3 is 3.05 bits per heavy atom. The van der Waals surface area contributed by atoms with E-state index in [-0.39, 0.29) is 17.6 Å². The number of hydrogen-bond acceptors (Lipinski definition) is 7. The number of nitrogens with two attached hydrogens (primary N) is 1. The van der Waals surface area contributed by atoms with Gasteiger partial charge >= 0.3 is 0 Å². The van der Waals surface area contributed by atoms with Crippen molar-refractivity contribution < 1.29 is 9.53 Å². The van der Waals surface area contributed by atoms with E-state index in [2.05, 4.69) is 20.3 Å². The molecule has 0 aliphatic rings. The number of aromatic nitrogens is 3. The van der Waals surface area contributed by atoms with E-state index in [9.17, 15) is 4.79 Å². The number of nitrogens with one attached hydrogen (secondary N) is 1. The number of ether oxygens (including phenoxy) is 1. The molecule has 0 aliphatic heterocycles. The number of hydrogen-bond donors (Lipinski definition) is 2. The summed E-state index contributed by atoms with van der Waals surface area (Å²) in [6, 6.07) is 7.13. The summed E-state index contributed by atoms with van der Waals surface area (Å²) >= 11 is 1.19. The van der Waals surface area contributed by atoms with E-state index in [1.807, 2.05) is 0 Å². The minimum atomic E-state index is -0.165. The number of methoxy groups -OCH3 is 1. The van der Waals surface area contributed by atoms with Crippen molar-refractivity contribution in [1.29, 1.82) is 0 Å². The molecule has 1 heterocycles. The number of carbonyl (C=O) groups is 1. The third kappa shape index (κ3) is 4.09. The van der Waals surface area contributed by atoms with E-state index in [0.29, 0.717) is 16.6 Å². The van der Waals surface area contributed by atoms with Crippen LogP contribution in [0, 0.1) is 0 Å². The van der Waals surface area contributed by atoms with Gasteiger partial charge in [-0.1, -0.05) is 17.8 Å². The fraction of sp³-hybridized carbons (Fsp3) is 0.167. The maximum Gasteiger partial charge on any atom is 0.234 e. The number of carbonyl (C=O) groups excluding carboxylic acids is 1. The molecule has 8 heteroatoms. The van der Waals surface area contributed by atoms with Gasteiger partial charge in [-0.25, -0.2) is 9.97 Å². The van der Waals surface area contributed by atoms with E-state index in [1.54, 1.807) is 31.4 Å². The molecule has 0 spiro atoms. The minimum absolute atomic E-state index is 0.135. The smallest absolute Gasteiger partial charge is 0.234 e. The average molecular weight is 291 g/mol. The molecule has 0 bridgehead atoms. The molecular weight excluding hydrogens is 278 g/mol. The first-order valence-electron chi connectivity index (χ1n) is 5.68. The SMILES string of the molecule is COc1cccc(NC(=O)CSc2ncnc(N)n2)c1. The standard InChI is InChI=1S/C12H13N5O2S/c1-19-9-4-2-3-8(5-9)16-10(18)6-20-12-15-7-14-11(13)17-12/h2-5,7H,6H2,1H3,(H,16,18)(H2,13,14,15,17). The Bertz CT molecular complexity index is 608. The van der Waals surface area contributed by atoms with Gasteiger partial charge in [-0.3, -0.25) is 4.79 Å². The molecule has 20 heavy (non-hydrogen) atoms. The molecule has 7 nitrogen and oxygen atoms in total. The number of anilines is 2. The summed E-state index contributed by atoms with van der Waals surface area (Å²) in [6.45, 7) is 0. The molecular formula is C12H13N5O2S. The first-order chi connectivity index (χ1) is 9.67. The lowest BCUT2D eigenvalue weighted by atomic mass is 10.3. The summed E-state index contributed by atoms with van der Waals surface area (Å²) in [5, 5.41) is 3.17. The van der Waals surface area contributed by atoms with Gasteiger partial charge in [0.2, 0.25) is 11.9 Å². The third-order valence-corrected chi connectivity index (χ3v) is 3.12. The first-order valence-corrected chi connectivity index (χ1v) is 6.67. The third-order valence-electron chi connectivity index (χ3n) is 2.25. The Morgan fingerprint density at radius 2 is 2.30 bits per heavy atom. The second kappa shape index (κ2) is 6.71. The van der Waals surface area contributed by atoms with Gasteiger partial charge in [0.15, 0.2) is 5.16 Å². The minimum Gasteiger partial charge on any atom is -0.497 e. The summed E-state index contributed by atoms with van der Waals surface area (Å²) in [6.07, 6.45) is 1.31. The summed E-state index contributed by atoms with van der Waals surface area (Å²) in [5.74, 6) is 0.833. The molecule has 2 aromatic rings. The fourth-order valence-corrected chi connectivity index (χ4v) is 2.00. The molecule has 0 aliphatic carbocycles. The zero-order valence-electron chi connectivity index (χ0n) is 10.7. The van der Waals surface area contributed by atoms with Crippen molar-refractivity contribution in [2.75, 3.05) is 23.9 Å². The lowest BCUT2D eigenvalue weighted by Crippen LogP contribution is -2.14. The Labute approximate surface area is 120 Å². The van der Waals surface area contributed by atoms with Crippen molar-refractivity contribution >= 4 is 29.3 Å². The van der Waals surface area contributed by atoms with Crippen molar-refractivity contribution in [3.63, 3.8) is 0 Å². The lowest BCUT2D eigenvalue weighted by Gasteiger charge is -2.06. The number of nitrogens with zero attached hydrogens (tertiary/aromatic N) is 3. The molecule has 1 aromatic heterocycles. The van der Waals surface area contributed by atoms with Crippen LogP contribution in [0.1, 0.15) is 0 Å². The maximum atomic E-state index is 11.8. The Hall–Kier alpha value is -2.35. The lowest BCUT2D eigenvalue weighted by molar-refractivity contribution is -0.113. The summed E-state index contributed by atoms with van der Waals surface area (Å²) in [5.41, 5.74) is 6.10. The molecule has 3 N–H and O–H groups in total. The van der Waals surface area contributed by atoms with Gasteiger partial charge in [-0.2, -0.15) is 4.98 Å². The largest absolute Gasteiger partial charge is 0.497 e. The van der Waals surface area contributed by atoms with Crippen molar-refractivity contribution in [3.8, 4) is 5.75 Å². The highest BCUT2D eigenvalue weighted by molar-refractivity contribution is 7.99. The van der Waals surface area contributed by atoms with Crippen molar-refractivity contribution in [2.45, 2.75) is 5.16 Å². The van der Waals surface area contributed by atoms with E-state index in [0.717, 1.165) is 0 Å². The molecule has 104 valence electrons. The van der Waals surface area contributed by atoms with Crippen LogP contribution in [0.5, 0.6) is 5.75 Å². The van der Waals surface area contributed by atoms with Crippen molar-refractivity contribution in [1.82, 2.24) is 15.0 Å². The van der Waals surface area contributed by atoms with E-state index < -0.39 is 0 Å². The van der Waals surface area contributed by atoms with Crippen LogP contribution in [0.3, 0.4) is 0 Å². The monoisotopic (exact) mass is 291 g/mol. The summed E-state index contributed by atoms with van der Waals surface area (Å²) in [7, 11) is 1.57. The van der Waals surface area contributed by atoms with Crippen molar-refractivity contribution in [2.24, 2.45) is 0 Å². The van der Waals surface area contributed by atoms with E-state index in [1.165, 1.54) is 18.1 Å². The highest BCUT2D eigenvalue weighted by Crippen LogP contribution is 2.18. The number of rotatable bonds is 5. The van der Waals surface area contributed by atoms with Crippen molar-refractivity contribution in [3.05, 3.63) is 30.6 Å². The predicted molar refractivity (Wildman–Crippen MR) is 76.6 cm³/mol. The van der Waals surface area contributed by atoms with Crippen LogP contribution >= 0.6 is 11.8 Å². The summed E-state index contributed by atoms with van der Waals surface area (Å²) < 4.78 is 5.08. The Balaban J connectivity index is 1.89. The molecule has 0 radical (unpaired) electrons. The quantitative estimate of drug-likeness (QED) is 0.797. The molecule has 1 amide bonds. The van der Waals surface area contributed by atoms with Crippen LogP contribution in [0.4, 0.5) is 11.6 Å². The summed E-state index contributed by atoms with van der Waals surface area (Å²) in [4.78, 5) is 23.3. The number of nitrogen functional groups attached to an aromatic ring is 1.